The van der Waals surface area contributed by atoms with Gasteiger partial charge in [0.1, 0.15) is 5.75 Å². The standard InChI is InChI=1S/C16H13F6NO/c1-23(2)11-6-7-14(15(17,18)19)13(9-11)10-4-3-5-12(8-10)24-16(20,21)22/h3-9H,1-2H3. The first-order valence-electron chi connectivity index (χ1n) is 6.72. The third kappa shape index (κ3) is 4.33. The molecule has 0 aliphatic rings. The largest absolute Gasteiger partial charge is 0.573 e. The number of nitrogens with zero attached hydrogens (tertiary/aromatic N) is 1. The van der Waals surface area contributed by atoms with Crippen molar-refractivity contribution in [3.8, 4) is 16.9 Å². The number of anilines is 1. The van der Waals surface area contributed by atoms with E-state index in [9.17, 15) is 26.3 Å². The number of halogens is 6. The molecule has 0 aliphatic heterocycles. The van der Waals surface area contributed by atoms with Crippen LogP contribution in [-0.2, 0) is 6.18 Å². The Morgan fingerprint density at radius 2 is 1.54 bits per heavy atom. The van der Waals surface area contributed by atoms with Crippen LogP contribution in [0.1, 0.15) is 5.56 Å². The molecule has 2 aromatic carbocycles. The van der Waals surface area contributed by atoms with Crippen molar-refractivity contribution in [3.63, 3.8) is 0 Å². The molecule has 0 fully saturated rings. The molecule has 0 spiro atoms. The number of hydrogen-bond acceptors (Lipinski definition) is 2. The molecule has 2 aromatic rings. The van der Waals surface area contributed by atoms with Crippen LogP contribution in [0.15, 0.2) is 42.5 Å². The molecular weight excluding hydrogens is 336 g/mol. The Morgan fingerprint density at radius 3 is 2.08 bits per heavy atom. The molecule has 0 atom stereocenters. The second-order valence-corrected chi connectivity index (χ2v) is 5.20. The van der Waals surface area contributed by atoms with E-state index in [1.165, 1.54) is 24.3 Å². The first kappa shape index (κ1) is 18.0. The van der Waals surface area contributed by atoms with Gasteiger partial charge in [0.05, 0.1) is 5.56 Å². The van der Waals surface area contributed by atoms with E-state index in [0.29, 0.717) is 5.69 Å². The summed E-state index contributed by atoms with van der Waals surface area (Å²) >= 11 is 0. The topological polar surface area (TPSA) is 12.5 Å². The summed E-state index contributed by atoms with van der Waals surface area (Å²) in [5.41, 5.74) is -0.688. The van der Waals surface area contributed by atoms with Gasteiger partial charge in [-0.2, -0.15) is 13.2 Å². The highest BCUT2D eigenvalue weighted by Gasteiger charge is 2.34. The summed E-state index contributed by atoms with van der Waals surface area (Å²) in [7, 11) is 3.30. The van der Waals surface area contributed by atoms with Crippen molar-refractivity contribution >= 4 is 5.69 Å². The average molecular weight is 349 g/mol. The molecule has 2 rings (SSSR count). The van der Waals surface area contributed by atoms with Crippen LogP contribution in [0, 0.1) is 0 Å². The molecule has 0 bridgehead atoms. The van der Waals surface area contributed by atoms with Crippen LogP contribution < -0.4 is 9.64 Å². The molecule has 130 valence electrons. The lowest BCUT2D eigenvalue weighted by molar-refractivity contribution is -0.274. The summed E-state index contributed by atoms with van der Waals surface area (Å²) in [6, 6.07) is 7.93. The quantitative estimate of drug-likeness (QED) is 0.694. The number of ether oxygens (including phenoxy) is 1. The van der Waals surface area contributed by atoms with E-state index in [0.717, 1.165) is 18.2 Å². The molecule has 0 amide bonds. The summed E-state index contributed by atoms with van der Waals surface area (Å²) < 4.78 is 80.3. The van der Waals surface area contributed by atoms with E-state index in [-0.39, 0.29) is 11.1 Å². The van der Waals surface area contributed by atoms with Crippen molar-refractivity contribution in [1.29, 1.82) is 0 Å². The highest BCUT2D eigenvalue weighted by Crippen LogP contribution is 2.40. The fourth-order valence-corrected chi connectivity index (χ4v) is 2.16. The number of benzene rings is 2. The minimum Gasteiger partial charge on any atom is -0.406 e. The SMILES string of the molecule is CN(C)c1ccc(C(F)(F)F)c(-c2cccc(OC(F)(F)F)c2)c1. The average Bonchev–Trinajstić information content (AvgIpc) is 2.44. The maximum Gasteiger partial charge on any atom is 0.573 e. The highest BCUT2D eigenvalue weighted by atomic mass is 19.4. The van der Waals surface area contributed by atoms with Crippen LogP contribution in [0.2, 0.25) is 0 Å². The zero-order valence-corrected chi connectivity index (χ0v) is 12.7. The molecular formula is C16H13F6NO. The fourth-order valence-electron chi connectivity index (χ4n) is 2.16. The van der Waals surface area contributed by atoms with Crippen LogP contribution >= 0.6 is 0 Å². The maximum atomic E-state index is 13.2. The van der Waals surface area contributed by atoms with Gasteiger partial charge in [0, 0.05) is 19.8 Å². The van der Waals surface area contributed by atoms with Crippen molar-refractivity contribution < 1.29 is 31.1 Å². The normalized spacial score (nSPS) is 12.2. The molecule has 24 heavy (non-hydrogen) atoms. The molecule has 0 saturated carbocycles. The lowest BCUT2D eigenvalue weighted by Crippen LogP contribution is -2.17. The molecule has 0 N–H and O–H groups in total. The van der Waals surface area contributed by atoms with E-state index in [1.807, 2.05) is 0 Å². The molecule has 0 unspecified atom stereocenters. The predicted octanol–water partition coefficient (Wildman–Crippen LogP) is 5.34. The van der Waals surface area contributed by atoms with Gasteiger partial charge in [0.25, 0.3) is 0 Å². The Balaban J connectivity index is 2.57. The van der Waals surface area contributed by atoms with E-state index in [4.69, 9.17) is 0 Å². The first-order valence-corrected chi connectivity index (χ1v) is 6.72. The Bertz CT molecular complexity index is 721. The van der Waals surface area contributed by atoms with Gasteiger partial charge in [-0.3, -0.25) is 0 Å². The van der Waals surface area contributed by atoms with E-state index < -0.39 is 23.9 Å². The second kappa shape index (κ2) is 6.26. The number of hydrogen-bond donors (Lipinski definition) is 0. The molecule has 0 heterocycles. The van der Waals surface area contributed by atoms with Gasteiger partial charge in [-0.05, 0) is 41.5 Å². The minimum absolute atomic E-state index is 0.0206. The van der Waals surface area contributed by atoms with Gasteiger partial charge in [-0.25, -0.2) is 0 Å². The first-order chi connectivity index (χ1) is 11.0. The van der Waals surface area contributed by atoms with Crippen LogP contribution in [0.25, 0.3) is 11.1 Å². The summed E-state index contributed by atoms with van der Waals surface area (Å²) in [6.45, 7) is 0. The van der Waals surface area contributed by atoms with Gasteiger partial charge in [0.15, 0.2) is 0 Å². The van der Waals surface area contributed by atoms with E-state index in [2.05, 4.69) is 4.74 Å². The maximum absolute atomic E-state index is 13.2. The van der Waals surface area contributed by atoms with Gasteiger partial charge in [-0.15, -0.1) is 13.2 Å². The molecule has 8 heteroatoms. The predicted molar refractivity (Wildman–Crippen MR) is 77.9 cm³/mol. The zero-order chi connectivity index (χ0) is 18.1. The van der Waals surface area contributed by atoms with Gasteiger partial charge in [0.2, 0.25) is 0 Å². The van der Waals surface area contributed by atoms with Crippen molar-refractivity contribution in [2.45, 2.75) is 12.5 Å². The summed E-state index contributed by atoms with van der Waals surface area (Å²) in [4.78, 5) is 1.60. The molecule has 0 aromatic heterocycles. The molecule has 0 saturated heterocycles. The van der Waals surface area contributed by atoms with Gasteiger partial charge >= 0.3 is 12.5 Å². The van der Waals surface area contributed by atoms with Crippen molar-refractivity contribution in [2.75, 3.05) is 19.0 Å². The second-order valence-electron chi connectivity index (χ2n) is 5.20. The summed E-state index contributed by atoms with van der Waals surface area (Å²) in [5.74, 6) is -0.580. The van der Waals surface area contributed by atoms with Crippen molar-refractivity contribution in [2.24, 2.45) is 0 Å². The summed E-state index contributed by atoms with van der Waals surface area (Å²) in [6.07, 6.45) is -9.56. The van der Waals surface area contributed by atoms with E-state index in [1.54, 1.807) is 19.0 Å². The third-order valence-electron chi connectivity index (χ3n) is 3.20. The minimum atomic E-state index is -4.92. The van der Waals surface area contributed by atoms with Crippen LogP contribution in [-0.4, -0.2) is 20.5 Å². The molecule has 2 nitrogen and oxygen atoms in total. The van der Waals surface area contributed by atoms with Crippen molar-refractivity contribution in [3.05, 3.63) is 48.0 Å². The van der Waals surface area contributed by atoms with E-state index >= 15 is 0 Å². The third-order valence-corrected chi connectivity index (χ3v) is 3.20. The van der Waals surface area contributed by atoms with Crippen LogP contribution in [0.5, 0.6) is 5.75 Å². The smallest absolute Gasteiger partial charge is 0.406 e. The van der Waals surface area contributed by atoms with Gasteiger partial charge in [-0.1, -0.05) is 12.1 Å². The number of alkyl halides is 6. The fraction of sp³-hybridized carbons (Fsp3) is 0.250. The van der Waals surface area contributed by atoms with Gasteiger partial charge < -0.3 is 9.64 Å². The van der Waals surface area contributed by atoms with Crippen LogP contribution in [0.3, 0.4) is 0 Å². The Morgan fingerprint density at radius 1 is 0.875 bits per heavy atom. The lowest BCUT2D eigenvalue weighted by atomic mass is 9.98. The highest BCUT2D eigenvalue weighted by molar-refractivity contribution is 5.73. The Labute approximate surface area is 134 Å². The van der Waals surface area contributed by atoms with Crippen LogP contribution in [0.4, 0.5) is 32.0 Å². The van der Waals surface area contributed by atoms with Crippen molar-refractivity contribution in [1.82, 2.24) is 0 Å². The Kier molecular flexibility index (Phi) is 4.68. The molecule has 0 aliphatic carbocycles. The Hall–Kier alpha value is -2.38. The zero-order valence-electron chi connectivity index (χ0n) is 12.7. The number of rotatable bonds is 3. The molecule has 0 radical (unpaired) electrons. The monoisotopic (exact) mass is 349 g/mol. The summed E-state index contributed by atoms with van der Waals surface area (Å²) in [5, 5.41) is 0. The lowest BCUT2D eigenvalue weighted by Gasteiger charge is -2.19.